The number of nitriles is 1. The van der Waals surface area contributed by atoms with Gasteiger partial charge in [-0.25, -0.2) is 6.57 Å². The predicted molar refractivity (Wildman–Crippen MR) is 116 cm³/mol. The molecule has 2 nitrogen and oxygen atoms in total. The lowest BCUT2D eigenvalue weighted by molar-refractivity contribution is 0.417. The van der Waals surface area contributed by atoms with Gasteiger partial charge in [-0.1, -0.05) is 78.9 Å². The van der Waals surface area contributed by atoms with Crippen molar-refractivity contribution in [3.63, 3.8) is 0 Å². The Kier molecular flexibility index (Phi) is 7.36. The molecule has 3 unspecified atom stereocenters. The van der Waals surface area contributed by atoms with Crippen LogP contribution in [0.4, 0.5) is 0 Å². The SMILES string of the molecule is [C-]#[N+]C(C)(C/C=C/CCC(C=C)C(C)(C#N)c1ccccc1)c1ccccc1. The zero-order valence-electron chi connectivity index (χ0n) is 16.8. The lowest BCUT2D eigenvalue weighted by Gasteiger charge is -2.29. The van der Waals surface area contributed by atoms with E-state index in [1.807, 2.05) is 80.6 Å². The Hall–Kier alpha value is -3.10. The molecule has 2 aromatic carbocycles. The summed E-state index contributed by atoms with van der Waals surface area (Å²) in [6.45, 7) is 15.6. The Labute approximate surface area is 169 Å². The van der Waals surface area contributed by atoms with Crippen LogP contribution in [0, 0.1) is 23.8 Å². The molecule has 2 heteroatoms. The first-order valence-corrected chi connectivity index (χ1v) is 9.68. The first kappa shape index (κ1) is 21.2. The maximum Gasteiger partial charge on any atom is 0.258 e. The van der Waals surface area contributed by atoms with Crippen LogP contribution in [-0.4, -0.2) is 0 Å². The minimum atomic E-state index is -0.591. The van der Waals surface area contributed by atoms with Gasteiger partial charge in [0.2, 0.25) is 0 Å². The summed E-state index contributed by atoms with van der Waals surface area (Å²) in [5, 5.41) is 9.86. The highest BCUT2D eigenvalue weighted by Gasteiger charge is 2.34. The molecular weight excluding hydrogens is 340 g/mol. The summed E-state index contributed by atoms with van der Waals surface area (Å²) in [7, 11) is 0. The maximum atomic E-state index is 9.86. The van der Waals surface area contributed by atoms with Gasteiger partial charge in [0, 0.05) is 18.9 Å². The standard InChI is InChI=1S/C26H28N2/c1-5-22(25(2,21-27)23-16-9-6-10-17-23)15-13-8-14-20-26(3,28-4)24-18-11-7-12-19-24/h5-12,14,16-19,22H,1,13,15,20H2,2-3H3/b14-8+. The van der Waals surface area contributed by atoms with Crippen LogP contribution < -0.4 is 0 Å². The summed E-state index contributed by atoms with van der Waals surface area (Å²) in [5.41, 5.74) is 0.933. The van der Waals surface area contributed by atoms with E-state index in [2.05, 4.69) is 29.6 Å². The van der Waals surface area contributed by atoms with E-state index in [1.54, 1.807) is 0 Å². The van der Waals surface area contributed by atoms with Gasteiger partial charge in [-0.05, 0) is 31.2 Å². The Morgan fingerprint density at radius 2 is 1.61 bits per heavy atom. The van der Waals surface area contributed by atoms with E-state index >= 15 is 0 Å². The molecule has 0 heterocycles. The summed E-state index contributed by atoms with van der Waals surface area (Å²) in [6, 6.07) is 22.4. The first-order chi connectivity index (χ1) is 13.5. The van der Waals surface area contributed by atoms with Crippen molar-refractivity contribution in [2.24, 2.45) is 5.92 Å². The van der Waals surface area contributed by atoms with E-state index in [0.29, 0.717) is 6.42 Å². The second kappa shape index (κ2) is 9.72. The van der Waals surface area contributed by atoms with Crippen LogP contribution in [0.1, 0.15) is 44.2 Å². The number of allylic oxidation sites excluding steroid dienone is 2. The Bertz CT molecular complexity index is 870. The Balaban J connectivity index is 2.02. The minimum absolute atomic E-state index is 0.0610. The monoisotopic (exact) mass is 368 g/mol. The van der Waals surface area contributed by atoms with Gasteiger partial charge in [0.15, 0.2) is 0 Å². The molecular formula is C26H28N2. The minimum Gasteiger partial charge on any atom is -0.305 e. The molecule has 0 aromatic heterocycles. The predicted octanol–water partition coefficient (Wildman–Crippen LogP) is 6.83. The van der Waals surface area contributed by atoms with Crippen molar-refractivity contribution in [1.29, 1.82) is 5.26 Å². The number of rotatable bonds is 9. The molecule has 142 valence electrons. The fourth-order valence-corrected chi connectivity index (χ4v) is 3.52. The summed E-state index contributed by atoms with van der Waals surface area (Å²) >= 11 is 0. The lowest BCUT2D eigenvalue weighted by atomic mass is 9.71. The number of benzene rings is 2. The van der Waals surface area contributed by atoms with Crippen LogP contribution in [0.15, 0.2) is 85.5 Å². The Morgan fingerprint density at radius 3 is 2.11 bits per heavy atom. The molecule has 0 radical (unpaired) electrons. The summed E-state index contributed by atoms with van der Waals surface area (Å²) in [5.74, 6) is 0.0610. The van der Waals surface area contributed by atoms with Crippen molar-refractivity contribution in [2.45, 2.75) is 44.1 Å². The summed E-state index contributed by atoms with van der Waals surface area (Å²) in [6.07, 6.45) is 8.50. The Morgan fingerprint density at radius 1 is 1.04 bits per heavy atom. The van der Waals surface area contributed by atoms with Crippen molar-refractivity contribution in [3.05, 3.63) is 108 Å². The van der Waals surface area contributed by atoms with Crippen molar-refractivity contribution in [2.75, 3.05) is 0 Å². The highest BCUT2D eigenvalue weighted by molar-refractivity contribution is 5.34. The van der Waals surface area contributed by atoms with Gasteiger partial charge in [-0.15, -0.1) is 6.58 Å². The van der Waals surface area contributed by atoms with Crippen molar-refractivity contribution in [3.8, 4) is 6.07 Å². The van der Waals surface area contributed by atoms with Crippen LogP contribution in [0.25, 0.3) is 4.85 Å². The molecule has 0 saturated carbocycles. The molecule has 0 N–H and O–H groups in total. The zero-order chi connectivity index (χ0) is 20.5. The molecule has 2 aromatic rings. The van der Waals surface area contributed by atoms with Gasteiger partial charge in [-0.3, -0.25) is 0 Å². The van der Waals surface area contributed by atoms with Gasteiger partial charge in [0.1, 0.15) is 0 Å². The molecule has 28 heavy (non-hydrogen) atoms. The number of hydrogen-bond acceptors (Lipinski definition) is 1. The fraction of sp³-hybridized carbons (Fsp3) is 0.308. The van der Waals surface area contributed by atoms with Crippen LogP contribution >= 0.6 is 0 Å². The van der Waals surface area contributed by atoms with Crippen molar-refractivity contribution >= 4 is 0 Å². The molecule has 0 spiro atoms. The molecule has 3 atom stereocenters. The zero-order valence-corrected chi connectivity index (χ0v) is 16.8. The first-order valence-electron chi connectivity index (χ1n) is 9.68. The van der Waals surface area contributed by atoms with E-state index in [-0.39, 0.29) is 5.92 Å². The fourth-order valence-electron chi connectivity index (χ4n) is 3.52. The normalized spacial score (nSPS) is 16.3. The van der Waals surface area contributed by atoms with Gasteiger partial charge < -0.3 is 4.85 Å². The van der Waals surface area contributed by atoms with Crippen molar-refractivity contribution in [1.82, 2.24) is 0 Å². The molecule has 0 fully saturated rings. The average molecular weight is 369 g/mol. The third-order valence-electron chi connectivity index (χ3n) is 5.60. The topological polar surface area (TPSA) is 28.1 Å². The average Bonchev–Trinajstić information content (AvgIpc) is 2.76. The van der Waals surface area contributed by atoms with Crippen LogP contribution in [0.2, 0.25) is 0 Å². The van der Waals surface area contributed by atoms with Crippen LogP contribution in [0.3, 0.4) is 0 Å². The second-order valence-electron chi connectivity index (χ2n) is 7.53. The van der Waals surface area contributed by atoms with E-state index < -0.39 is 11.0 Å². The molecule has 0 aliphatic heterocycles. The highest BCUT2D eigenvalue weighted by atomic mass is 14.8. The third-order valence-corrected chi connectivity index (χ3v) is 5.60. The molecule has 0 saturated heterocycles. The van der Waals surface area contributed by atoms with Crippen LogP contribution in [-0.2, 0) is 11.0 Å². The molecule has 0 aliphatic rings. The molecule has 0 amide bonds. The summed E-state index contributed by atoms with van der Waals surface area (Å²) in [4.78, 5) is 3.87. The van der Waals surface area contributed by atoms with Crippen molar-refractivity contribution < 1.29 is 0 Å². The van der Waals surface area contributed by atoms with Gasteiger partial charge >= 0.3 is 0 Å². The van der Waals surface area contributed by atoms with E-state index in [4.69, 9.17) is 6.57 Å². The number of nitrogens with zero attached hydrogens (tertiary/aromatic N) is 2. The third kappa shape index (κ3) is 4.79. The maximum absolute atomic E-state index is 9.86. The van der Waals surface area contributed by atoms with E-state index in [1.165, 1.54) is 0 Å². The van der Waals surface area contributed by atoms with Crippen LogP contribution in [0.5, 0.6) is 0 Å². The highest BCUT2D eigenvalue weighted by Crippen LogP contribution is 2.35. The van der Waals surface area contributed by atoms with Gasteiger partial charge in [0.05, 0.1) is 11.5 Å². The van der Waals surface area contributed by atoms with Gasteiger partial charge in [0.25, 0.3) is 5.54 Å². The van der Waals surface area contributed by atoms with E-state index in [0.717, 1.165) is 24.0 Å². The lowest BCUT2D eigenvalue weighted by Crippen LogP contribution is -2.29. The van der Waals surface area contributed by atoms with Gasteiger partial charge in [-0.2, -0.15) is 5.26 Å². The molecule has 0 bridgehead atoms. The molecule has 2 rings (SSSR count). The number of hydrogen-bond donors (Lipinski definition) is 0. The second-order valence-corrected chi connectivity index (χ2v) is 7.53. The molecule has 0 aliphatic carbocycles. The smallest absolute Gasteiger partial charge is 0.258 e. The largest absolute Gasteiger partial charge is 0.305 e. The quantitative estimate of drug-likeness (QED) is 0.352. The van der Waals surface area contributed by atoms with E-state index in [9.17, 15) is 5.26 Å². The summed E-state index contributed by atoms with van der Waals surface area (Å²) < 4.78 is 0.